The van der Waals surface area contributed by atoms with Gasteiger partial charge >= 0.3 is 0 Å². The van der Waals surface area contributed by atoms with E-state index in [1.165, 1.54) is 0 Å². The predicted octanol–water partition coefficient (Wildman–Crippen LogP) is 2.92. The second kappa shape index (κ2) is 5.65. The van der Waals surface area contributed by atoms with Crippen molar-refractivity contribution < 1.29 is 13.9 Å². The van der Waals surface area contributed by atoms with Crippen LogP contribution in [0, 0.1) is 13.8 Å². The van der Waals surface area contributed by atoms with Gasteiger partial charge in [0.05, 0.1) is 26.5 Å². The molecule has 0 fully saturated rings. The zero-order valence-corrected chi connectivity index (χ0v) is 11.6. The Kier molecular flexibility index (Phi) is 3.94. The molecule has 0 saturated heterocycles. The van der Waals surface area contributed by atoms with E-state index in [2.05, 4.69) is 10.3 Å². The molecule has 0 atom stereocenters. The third kappa shape index (κ3) is 2.99. The summed E-state index contributed by atoms with van der Waals surface area (Å²) in [6.45, 7) is 4.37. The van der Waals surface area contributed by atoms with E-state index in [1.54, 1.807) is 14.2 Å². The fourth-order valence-electron chi connectivity index (χ4n) is 1.74. The lowest BCUT2D eigenvalue weighted by molar-refractivity contribution is 0.355. The average Bonchev–Trinajstić information content (AvgIpc) is 2.75. The summed E-state index contributed by atoms with van der Waals surface area (Å²) in [5.74, 6) is 2.91. The minimum atomic E-state index is 0.532. The fourth-order valence-corrected chi connectivity index (χ4v) is 1.74. The average molecular weight is 262 g/mol. The molecule has 0 aliphatic rings. The van der Waals surface area contributed by atoms with Crippen molar-refractivity contribution in [1.29, 1.82) is 0 Å². The third-order valence-corrected chi connectivity index (χ3v) is 2.90. The molecule has 2 rings (SSSR count). The lowest BCUT2D eigenvalue weighted by Gasteiger charge is -2.10. The topological polar surface area (TPSA) is 56.5 Å². The predicted molar refractivity (Wildman–Crippen MR) is 72.8 cm³/mol. The molecule has 0 spiro atoms. The zero-order chi connectivity index (χ0) is 13.8. The second-order valence-electron chi connectivity index (χ2n) is 4.17. The summed E-state index contributed by atoms with van der Waals surface area (Å²) in [4.78, 5) is 4.32. The molecule has 2 aromatic rings. The first kappa shape index (κ1) is 13.3. The molecule has 0 saturated carbocycles. The Labute approximate surface area is 112 Å². The van der Waals surface area contributed by atoms with Crippen LogP contribution >= 0.6 is 0 Å². The smallest absolute Gasteiger partial charge is 0.213 e. The number of aromatic nitrogens is 1. The SMILES string of the molecule is COc1ccc(NCc2nc(C)c(C)o2)cc1OC. The molecule has 1 heterocycles. The number of ether oxygens (including phenoxy) is 2. The van der Waals surface area contributed by atoms with Crippen LogP contribution in [-0.4, -0.2) is 19.2 Å². The van der Waals surface area contributed by atoms with Crippen molar-refractivity contribution in [2.45, 2.75) is 20.4 Å². The summed E-state index contributed by atoms with van der Waals surface area (Å²) in [7, 11) is 3.23. The molecule has 102 valence electrons. The van der Waals surface area contributed by atoms with Crippen molar-refractivity contribution in [1.82, 2.24) is 4.98 Å². The van der Waals surface area contributed by atoms with Gasteiger partial charge < -0.3 is 19.2 Å². The van der Waals surface area contributed by atoms with Gasteiger partial charge in [0.2, 0.25) is 5.89 Å². The van der Waals surface area contributed by atoms with Gasteiger partial charge in [-0.25, -0.2) is 4.98 Å². The molecule has 0 aliphatic carbocycles. The molecular formula is C14H18N2O3. The Morgan fingerprint density at radius 2 is 1.89 bits per heavy atom. The monoisotopic (exact) mass is 262 g/mol. The summed E-state index contributed by atoms with van der Waals surface area (Å²) in [5.41, 5.74) is 1.84. The minimum absolute atomic E-state index is 0.532. The molecule has 1 aromatic carbocycles. The van der Waals surface area contributed by atoms with E-state index in [-0.39, 0.29) is 0 Å². The normalized spacial score (nSPS) is 10.3. The molecule has 19 heavy (non-hydrogen) atoms. The van der Waals surface area contributed by atoms with Crippen LogP contribution in [-0.2, 0) is 6.54 Å². The zero-order valence-electron chi connectivity index (χ0n) is 11.6. The minimum Gasteiger partial charge on any atom is -0.493 e. The van der Waals surface area contributed by atoms with Crippen LogP contribution in [0.2, 0.25) is 0 Å². The molecule has 1 N–H and O–H groups in total. The number of benzene rings is 1. The van der Waals surface area contributed by atoms with Crippen LogP contribution in [0.25, 0.3) is 0 Å². The second-order valence-corrected chi connectivity index (χ2v) is 4.17. The van der Waals surface area contributed by atoms with Crippen molar-refractivity contribution in [2.75, 3.05) is 19.5 Å². The highest BCUT2D eigenvalue weighted by atomic mass is 16.5. The third-order valence-electron chi connectivity index (χ3n) is 2.90. The number of methoxy groups -OCH3 is 2. The van der Waals surface area contributed by atoms with E-state index in [0.717, 1.165) is 17.1 Å². The lowest BCUT2D eigenvalue weighted by Crippen LogP contribution is -2.00. The summed E-state index contributed by atoms with van der Waals surface area (Å²) in [5, 5.41) is 3.24. The molecule has 1 aromatic heterocycles. The van der Waals surface area contributed by atoms with Gasteiger partial charge in [-0.1, -0.05) is 0 Å². The molecule has 0 amide bonds. The van der Waals surface area contributed by atoms with Crippen molar-refractivity contribution >= 4 is 5.69 Å². The highest BCUT2D eigenvalue weighted by molar-refractivity contribution is 5.54. The van der Waals surface area contributed by atoms with E-state index >= 15 is 0 Å². The molecule has 0 radical (unpaired) electrons. The summed E-state index contributed by atoms with van der Waals surface area (Å²) < 4.78 is 15.9. The van der Waals surface area contributed by atoms with Gasteiger partial charge in [0, 0.05) is 11.8 Å². The fraction of sp³-hybridized carbons (Fsp3) is 0.357. The van der Waals surface area contributed by atoms with Crippen LogP contribution in [0.1, 0.15) is 17.3 Å². The summed E-state index contributed by atoms with van der Waals surface area (Å²) >= 11 is 0. The van der Waals surface area contributed by atoms with Crippen molar-refractivity contribution in [3.05, 3.63) is 35.5 Å². The number of hydrogen-bond acceptors (Lipinski definition) is 5. The van der Waals surface area contributed by atoms with Crippen LogP contribution in [0.15, 0.2) is 22.6 Å². The molecule has 0 bridgehead atoms. The van der Waals surface area contributed by atoms with Gasteiger partial charge in [0.25, 0.3) is 0 Å². The number of nitrogens with one attached hydrogen (secondary N) is 1. The number of hydrogen-bond donors (Lipinski definition) is 1. The molecule has 0 aliphatic heterocycles. The van der Waals surface area contributed by atoms with Crippen LogP contribution in [0.3, 0.4) is 0 Å². The van der Waals surface area contributed by atoms with Crippen LogP contribution in [0.5, 0.6) is 11.5 Å². The first-order valence-electron chi connectivity index (χ1n) is 6.03. The maximum Gasteiger partial charge on any atom is 0.213 e. The number of aryl methyl sites for hydroxylation is 2. The molecule has 5 nitrogen and oxygen atoms in total. The van der Waals surface area contributed by atoms with Gasteiger partial charge in [-0.2, -0.15) is 0 Å². The van der Waals surface area contributed by atoms with Crippen molar-refractivity contribution in [3.8, 4) is 11.5 Å². The molecular weight excluding hydrogens is 244 g/mol. The Morgan fingerprint density at radius 1 is 1.16 bits per heavy atom. The Bertz CT molecular complexity index is 544. The first-order valence-corrected chi connectivity index (χ1v) is 6.03. The van der Waals surface area contributed by atoms with E-state index in [4.69, 9.17) is 13.9 Å². The standard InChI is InChI=1S/C14H18N2O3/c1-9-10(2)19-14(16-9)8-15-11-5-6-12(17-3)13(7-11)18-4/h5-7,15H,8H2,1-4H3. The van der Waals surface area contributed by atoms with Crippen LogP contribution in [0.4, 0.5) is 5.69 Å². The van der Waals surface area contributed by atoms with E-state index in [1.807, 2.05) is 32.0 Å². The molecule has 0 unspecified atom stereocenters. The van der Waals surface area contributed by atoms with Gasteiger partial charge in [-0.3, -0.25) is 0 Å². The van der Waals surface area contributed by atoms with Crippen LogP contribution < -0.4 is 14.8 Å². The van der Waals surface area contributed by atoms with Gasteiger partial charge in [-0.15, -0.1) is 0 Å². The quantitative estimate of drug-likeness (QED) is 0.897. The Hall–Kier alpha value is -2.17. The van der Waals surface area contributed by atoms with E-state index in [9.17, 15) is 0 Å². The Morgan fingerprint density at radius 3 is 2.47 bits per heavy atom. The number of nitrogens with zero attached hydrogens (tertiary/aromatic N) is 1. The number of anilines is 1. The maximum absolute atomic E-state index is 5.51. The number of rotatable bonds is 5. The van der Waals surface area contributed by atoms with Gasteiger partial charge in [0.15, 0.2) is 11.5 Å². The first-order chi connectivity index (χ1) is 9.13. The lowest BCUT2D eigenvalue weighted by atomic mass is 10.2. The highest BCUT2D eigenvalue weighted by Gasteiger charge is 2.07. The summed E-state index contributed by atoms with van der Waals surface area (Å²) in [6, 6.07) is 5.65. The molecule has 5 heteroatoms. The van der Waals surface area contributed by atoms with Gasteiger partial charge in [0.1, 0.15) is 5.76 Å². The van der Waals surface area contributed by atoms with E-state index < -0.39 is 0 Å². The summed E-state index contributed by atoms with van der Waals surface area (Å²) in [6.07, 6.45) is 0. The van der Waals surface area contributed by atoms with E-state index in [0.29, 0.717) is 23.9 Å². The largest absolute Gasteiger partial charge is 0.493 e. The Balaban J connectivity index is 2.07. The number of oxazole rings is 1. The maximum atomic E-state index is 5.51. The van der Waals surface area contributed by atoms with Gasteiger partial charge in [-0.05, 0) is 26.0 Å². The highest BCUT2D eigenvalue weighted by Crippen LogP contribution is 2.29. The van der Waals surface area contributed by atoms with Crippen molar-refractivity contribution in [2.24, 2.45) is 0 Å². The van der Waals surface area contributed by atoms with Crippen molar-refractivity contribution in [3.63, 3.8) is 0 Å².